The van der Waals surface area contributed by atoms with Gasteiger partial charge in [-0.15, -0.1) is 10.2 Å². The van der Waals surface area contributed by atoms with E-state index in [0.717, 1.165) is 73.5 Å². The first-order chi connectivity index (χ1) is 19.6. The summed E-state index contributed by atoms with van der Waals surface area (Å²) >= 11 is 1.58. The lowest BCUT2D eigenvalue weighted by Crippen LogP contribution is -2.48. The fourth-order valence-electron chi connectivity index (χ4n) is 5.38. The Balaban J connectivity index is 1.06. The molecule has 7 nitrogen and oxygen atoms in total. The van der Waals surface area contributed by atoms with Crippen LogP contribution in [0.3, 0.4) is 0 Å². The number of hydrogen-bond acceptors (Lipinski definition) is 6. The molecule has 6 rings (SSSR count). The Labute approximate surface area is 239 Å². The number of carbonyl (C=O) groups is 1. The topological polar surface area (TPSA) is 67.2 Å². The number of nitrogens with zero attached hydrogens (tertiary/aromatic N) is 6. The number of aryl methyl sites for hydroxylation is 1. The fraction of sp³-hybridized carbons (Fsp3) is 0.312. The van der Waals surface area contributed by atoms with Gasteiger partial charge in [-0.25, -0.2) is 4.98 Å². The number of benzene rings is 3. The molecule has 0 bridgehead atoms. The molecule has 0 spiro atoms. The van der Waals surface area contributed by atoms with Crippen LogP contribution in [0.25, 0.3) is 22.1 Å². The van der Waals surface area contributed by atoms with Gasteiger partial charge in [0.25, 0.3) is 0 Å². The maximum absolute atomic E-state index is 12.8. The maximum Gasteiger partial charge on any atom is 0.222 e. The number of carbonyl (C=O) groups excluding carboxylic acids is 1. The Morgan fingerprint density at radius 2 is 1.55 bits per heavy atom. The summed E-state index contributed by atoms with van der Waals surface area (Å²) in [7, 11) is 0. The van der Waals surface area contributed by atoms with E-state index in [-0.39, 0.29) is 5.91 Å². The van der Waals surface area contributed by atoms with Gasteiger partial charge in [0, 0.05) is 56.8 Å². The van der Waals surface area contributed by atoms with Crippen molar-refractivity contribution in [3.8, 4) is 0 Å². The van der Waals surface area contributed by atoms with E-state index >= 15 is 0 Å². The molecule has 40 heavy (non-hydrogen) atoms. The molecule has 0 atom stereocenters. The summed E-state index contributed by atoms with van der Waals surface area (Å²) in [5.41, 5.74) is 6.53. The van der Waals surface area contributed by atoms with Gasteiger partial charge in [0.05, 0.1) is 5.52 Å². The van der Waals surface area contributed by atoms with Crippen LogP contribution in [0.2, 0.25) is 0 Å². The molecule has 0 saturated carbocycles. The second kappa shape index (κ2) is 12.2. The first kappa shape index (κ1) is 26.5. The van der Waals surface area contributed by atoms with E-state index in [4.69, 9.17) is 4.98 Å². The van der Waals surface area contributed by atoms with Crippen molar-refractivity contribution >= 4 is 39.7 Å². The quantitative estimate of drug-likeness (QED) is 0.177. The average Bonchev–Trinajstić information content (AvgIpc) is 3.28. The standard InChI is InChI=1S/C32H34N6OS/c1-24-14-15-28-27(21-24)30-31(38(28)23-26-11-6-3-7-12-26)33-32(35-34-30)40-20-8-13-29(39)37-18-16-36(17-19-37)22-25-9-4-2-5-10-25/h2-7,9-12,14-15,21H,8,13,16-20,22-23H2,1H3. The number of hydrogen-bond donors (Lipinski definition) is 0. The summed E-state index contributed by atoms with van der Waals surface area (Å²) < 4.78 is 2.24. The van der Waals surface area contributed by atoms with E-state index in [1.165, 1.54) is 16.7 Å². The molecule has 5 aromatic rings. The number of piperazine rings is 1. The van der Waals surface area contributed by atoms with Crippen LogP contribution >= 0.6 is 11.8 Å². The minimum absolute atomic E-state index is 0.243. The average molecular weight is 551 g/mol. The summed E-state index contributed by atoms with van der Waals surface area (Å²) in [5.74, 6) is 1.03. The van der Waals surface area contributed by atoms with Gasteiger partial charge in [0.1, 0.15) is 5.52 Å². The highest BCUT2D eigenvalue weighted by Gasteiger charge is 2.21. The van der Waals surface area contributed by atoms with Crippen molar-refractivity contribution in [1.29, 1.82) is 0 Å². The monoisotopic (exact) mass is 550 g/mol. The van der Waals surface area contributed by atoms with Crippen molar-refractivity contribution in [2.75, 3.05) is 31.9 Å². The SMILES string of the molecule is Cc1ccc2c(c1)c1nnc(SCCCC(=O)N3CCN(Cc4ccccc4)CC3)nc1n2Cc1ccccc1. The number of thioether (sulfide) groups is 1. The molecule has 0 aliphatic carbocycles. The van der Waals surface area contributed by atoms with Gasteiger partial charge >= 0.3 is 0 Å². The lowest BCUT2D eigenvalue weighted by molar-refractivity contribution is -0.133. The summed E-state index contributed by atoms with van der Waals surface area (Å²) in [6, 6.07) is 27.4. The lowest BCUT2D eigenvalue weighted by atomic mass is 10.1. The van der Waals surface area contributed by atoms with Crippen molar-refractivity contribution in [2.24, 2.45) is 0 Å². The van der Waals surface area contributed by atoms with E-state index in [2.05, 4.69) is 93.3 Å². The highest BCUT2D eigenvalue weighted by Crippen LogP contribution is 2.29. The number of aromatic nitrogens is 4. The van der Waals surface area contributed by atoms with Gasteiger partial charge in [-0.3, -0.25) is 9.69 Å². The van der Waals surface area contributed by atoms with Crippen molar-refractivity contribution in [1.82, 2.24) is 29.5 Å². The summed E-state index contributed by atoms with van der Waals surface area (Å²) in [4.78, 5) is 22.2. The zero-order chi connectivity index (χ0) is 27.3. The van der Waals surface area contributed by atoms with Gasteiger partial charge in [0.2, 0.25) is 11.1 Å². The van der Waals surface area contributed by atoms with E-state index in [0.29, 0.717) is 11.6 Å². The highest BCUT2D eigenvalue weighted by molar-refractivity contribution is 7.99. The zero-order valence-electron chi connectivity index (χ0n) is 22.9. The molecule has 0 N–H and O–H groups in total. The Kier molecular flexibility index (Phi) is 8.07. The normalized spacial score (nSPS) is 14.3. The molecule has 2 aromatic heterocycles. The molecule has 1 saturated heterocycles. The summed E-state index contributed by atoms with van der Waals surface area (Å²) in [5, 5.41) is 10.8. The third-order valence-electron chi connectivity index (χ3n) is 7.53. The first-order valence-corrected chi connectivity index (χ1v) is 15.0. The second-order valence-electron chi connectivity index (χ2n) is 10.5. The largest absolute Gasteiger partial charge is 0.340 e. The molecule has 1 aliphatic rings. The Morgan fingerprint density at radius 3 is 2.27 bits per heavy atom. The van der Waals surface area contributed by atoms with Gasteiger partial charge in [-0.1, -0.05) is 84.1 Å². The van der Waals surface area contributed by atoms with Crippen LogP contribution in [0.1, 0.15) is 29.5 Å². The van der Waals surface area contributed by atoms with Crippen LogP contribution in [-0.4, -0.2) is 67.4 Å². The van der Waals surface area contributed by atoms with Crippen molar-refractivity contribution in [2.45, 2.75) is 38.0 Å². The maximum atomic E-state index is 12.8. The summed E-state index contributed by atoms with van der Waals surface area (Å²) in [6.45, 7) is 7.21. The van der Waals surface area contributed by atoms with Crippen LogP contribution < -0.4 is 0 Å². The minimum Gasteiger partial charge on any atom is -0.340 e. The van der Waals surface area contributed by atoms with E-state index in [1.807, 2.05) is 17.0 Å². The summed E-state index contributed by atoms with van der Waals surface area (Å²) in [6.07, 6.45) is 1.34. The molecule has 3 aromatic carbocycles. The van der Waals surface area contributed by atoms with Crippen molar-refractivity contribution in [3.63, 3.8) is 0 Å². The van der Waals surface area contributed by atoms with Gasteiger partial charge < -0.3 is 9.47 Å². The van der Waals surface area contributed by atoms with E-state index < -0.39 is 0 Å². The van der Waals surface area contributed by atoms with Crippen LogP contribution in [0.5, 0.6) is 0 Å². The van der Waals surface area contributed by atoms with Crippen LogP contribution in [0.4, 0.5) is 0 Å². The molecule has 1 amide bonds. The Hall–Kier alpha value is -3.75. The predicted molar refractivity (Wildman–Crippen MR) is 161 cm³/mol. The third kappa shape index (κ3) is 6.03. The Bertz CT molecular complexity index is 1600. The fourth-order valence-corrected chi connectivity index (χ4v) is 6.10. The van der Waals surface area contributed by atoms with Gasteiger partial charge in [0.15, 0.2) is 5.65 Å². The Morgan fingerprint density at radius 1 is 0.850 bits per heavy atom. The molecule has 0 radical (unpaired) electrons. The lowest BCUT2D eigenvalue weighted by Gasteiger charge is -2.34. The molecule has 1 aliphatic heterocycles. The van der Waals surface area contributed by atoms with Gasteiger partial charge in [-0.2, -0.15) is 0 Å². The third-order valence-corrected chi connectivity index (χ3v) is 8.45. The molecule has 1 fully saturated rings. The number of amides is 1. The molecule has 8 heteroatoms. The van der Waals surface area contributed by atoms with Gasteiger partial charge in [-0.05, 0) is 36.6 Å². The molecular weight excluding hydrogens is 516 g/mol. The minimum atomic E-state index is 0.243. The number of rotatable bonds is 9. The highest BCUT2D eigenvalue weighted by atomic mass is 32.2. The van der Waals surface area contributed by atoms with Crippen LogP contribution in [0.15, 0.2) is 84.0 Å². The van der Waals surface area contributed by atoms with Crippen molar-refractivity contribution < 1.29 is 4.79 Å². The van der Waals surface area contributed by atoms with E-state index in [9.17, 15) is 4.79 Å². The second-order valence-corrected chi connectivity index (χ2v) is 11.5. The molecule has 3 heterocycles. The van der Waals surface area contributed by atoms with E-state index in [1.54, 1.807) is 11.8 Å². The first-order valence-electron chi connectivity index (χ1n) is 14.0. The molecule has 204 valence electrons. The van der Waals surface area contributed by atoms with Crippen LogP contribution in [0, 0.1) is 6.92 Å². The van der Waals surface area contributed by atoms with Crippen LogP contribution in [-0.2, 0) is 17.9 Å². The predicted octanol–water partition coefficient (Wildman–Crippen LogP) is 5.55. The molecule has 0 unspecified atom stereocenters. The van der Waals surface area contributed by atoms with Crippen molar-refractivity contribution in [3.05, 3.63) is 95.6 Å². The molecular formula is C32H34N6OS. The zero-order valence-corrected chi connectivity index (χ0v) is 23.7. The number of fused-ring (bicyclic) bond motifs is 3. The smallest absolute Gasteiger partial charge is 0.222 e.